The van der Waals surface area contributed by atoms with Gasteiger partial charge in [-0.15, -0.1) is 0 Å². The molecule has 4 rings (SSSR count). The average molecular weight is 360 g/mol. The largest absolute Gasteiger partial charge is 0.456 e. The van der Waals surface area contributed by atoms with Gasteiger partial charge in [0.15, 0.2) is 0 Å². The van der Waals surface area contributed by atoms with Crippen LogP contribution in [-0.2, 0) is 0 Å². The number of fused-ring (bicyclic) bond motifs is 1. The third-order valence-electron chi connectivity index (χ3n) is 4.59. The Kier molecular flexibility index (Phi) is 4.19. The number of aliphatic hydroxyl groups excluding tert-OH is 1. The molecule has 25 heavy (non-hydrogen) atoms. The molecule has 3 aromatic heterocycles. The number of nitrogens with two attached hydrogens (primary N) is 1. The van der Waals surface area contributed by atoms with Crippen LogP contribution in [0.5, 0.6) is 0 Å². The summed E-state index contributed by atoms with van der Waals surface area (Å²) >= 11 is 6.35. The predicted molar refractivity (Wildman–Crippen MR) is 96.3 cm³/mol. The number of anilines is 2. The van der Waals surface area contributed by atoms with Crippen LogP contribution in [0.3, 0.4) is 0 Å². The second-order valence-electron chi connectivity index (χ2n) is 6.32. The summed E-state index contributed by atoms with van der Waals surface area (Å²) in [5.41, 5.74) is 7.08. The lowest BCUT2D eigenvalue weighted by Crippen LogP contribution is -2.18. The highest BCUT2D eigenvalue weighted by atomic mass is 35.5. The topological polar surface area (TPSA) is 110 Å². The van der Waals surface area contributed by atoms with Crippen molar-refractivity contribution in [2.45, 2.75) is 25.3 Å². The Morgan fingerprint density at radius 2 is 2.24 bits per heavy atom. The Bertz CT molecular complexity index is 880. The van der Waals surface area contributed by atoms with Crippen molar-refractivity contribution in [3.8, 4) is 11.3 Å². The maximum atomic E-state index is 9.34. The third-order valence-corrected chi connectivity index (χ3v) is 4.86. The van der Waals surface area contributed by atoms with Crippen LogP contribution in [0.4, 0.5) is 11.8 Å². The van der Waals surface area contributed by atoms with Crippen molar-refractivity contribution in [3.63, 3.8) is 0 Å². The Morgan fingerprint density at radius 3 is 3.00 bits per heavy atom. The van der Waals surface area contributed by atoms with Gasteiger partial charge in [-0.05, 0) is 37.3 Å². The fraction of sp³-hybridized carbons (Fsp3) is 0.353. The molecule has 0 saturated heterocycles. The van der Waals surface area contributed by atoms with Gasteiger partial charge in [-0.25, -0.2) is 4.98 Å². The molecule has 2 atom stereocenters. The summed E-state index contributed by atoms with van der Waals surface area (Å²) in [6.07, 6.45) is 6.21. The van der Waals surface area contributed by atoms with E-state index >= 15 is 0 Å². The van der Waals surface area contributed by atoms with E-state index in [0.717, 1.165) is 24.6 Å². The molecule has 1 saturated carbocycles. The van der Waals surface area contributed by atoms with E-state index in [1.807, 2.05) is 6.07 Å². The van der Waals surface area contributed by atoms with Crippen LogP contribution >= 0.6 is 11.6 Å². The Balaban J connectivity index is 1.73. The first-order valence-electron chi connectivity index (χ1n) is 8.18. The van der Waals surface area contributed by atoms with Crippen LogP contribution in [-0.4, -0.2) is 32.7 Å². The summed E-state index contributed by atoms with van der Waals surface area (Å²) in [6, 6.07) is 3.85. The molecule has 0 radical (unpaired) electrons. The third kappa shape index (κ3) is 3.12. The number of aliphatic hydroxyl groups is 1. The Labute approximate surface area is 149 Å². The minimum atomic E-state index is 0.103. The number of halogens is 1. The van der Waals surface area contributed by atoms with E-state index in [1.165, 1.54) is 0 Å². The number of pyridine rings is 1. The summed E-state index contributed by atoms with van der Waals surface area (Å²) in [5.74, 6) is 1.53. The van der Waals surface area contributed by atoms with Gasteiger partial charge in [0.05, 0.1) is 5.56 Å². The van der Waals surface area contributed by atoms with Crippen molar-refractivity contribution in [2.75, 3.05) is 17.7 Å². The number of hydrogen-bond acceptors (Lipinski definition) is 7. The zero-order valence-corrected chi connectivity index (χ0v) is 14.2. The highest BCUT2D eigenvalue weighted by molar-refractivity contribution is 6.32. The predicted octanol–water partition coefficient (Wildman–Crippen LogP) is 3.09. The number of furan rings is 1. The van der Waals surface area contributed by atoms with Crippen LogP contribution in [0.25, 0.3) is 22.3 Å². The minimum Gasteiger partial charge on any atom is -0.456 e. The molecule has 1 aliphatic carbocycles. The zero-order valence-electron chi connectivity index (χ0n) is 13.4. The molecule has 0 amide bonds. The Morgan fingerprint density at radius 1 is 1.36 bits per heavy atom. The van der Waals surface area contributed by atoms with Gasteiger partial charge in [0.2, 0.25) is 5.95 Å². The van der Waals surface area contributed by atoms with Gasteiger partial charge in [-0.3, -0.25) is 4.98 Å². The maximum Gasteiger partial charge on any atom is 0.223 e. The SMILES string of the molecule is Nc1nc(Cl)c(-c2cc3cnccc3o2)c(NC2CCC(CO)C2)n1. The lowest BCUT2D eigenvalue weighted by atomic mass is 10.1. The first-order valence-corrected chi connectivity index (χ1v) is 8.56. The van der Waals surface area contributed by atoms with Crippen molar-refractivity contribution in [1.29, 1.82) is 0 Å². The Hall–Kier alpha value is -2.38. The van der Waals surface area contributed by atoms with Gasteiger partial charge in [-0.1, -0.05) is 11.6 Å². The molecule has 3 aromatic rings. The number of aromatic nitrogens is 3. The number of hydrogen-bond donors (Lipinski definition) is 3. The molecule has 0 aromatic carbocycles. The zero-order chi connectivity index (χ0) is 17.4. The van der Waals surface area contributed by atoms with E-state index in [1.54, 1.807) is 18.5 Å². The van der Waals surface area contributed by atoms with Crippen LogP contribution < -0.4 is 11.1 Å². The van der Waals surface area contributed by atoms with Gasteiger partial charge in [0.1, 0.15) is 22.3 Å². The summed E-state index contributed by atoms with van der Waals surface area (Å²) in [6.45, 7) is 0.203. The molecule has 1 aliphatic rings. The van der Waals surface area contributed by atoms with E-state index < -0.39 is 0 Å². The molecular weight excluding hydrogens is 342 g/mol. The van der Waals surface area contributed by atoms with Crippen LogP contribution in [0.2, 0.25) is 5.15 Å². The van der Waals surface area contributed by atoms with Crippen molar-refractivity contribution in [2.24, 2.45) is 5.92 Å². The number of nitrogens with zero attached hydrogens (tertiary/aromatic N) is 3. The molecule has 0 bridgehead atoms. The van der Waals surface area contributed by atoms with Crippen molar-refractivity contribution in [3.05, 3.63) is 29.7 Å². The van der Waals surface area contributed by atoms with Gasteiger partial charge in [0, 0.05) is 30.4 Å². The fourth-order valence-corrected chi connectivity index (χ4v) is 3.61. The monoisotopic (exact) mass is 359 g/mol. The molecule has 2 unspecified atom stereocenters. The molecule has 3 heterocycles. The normalized spacial score (nSPS) is 20.2. The summed E-state index contributed by atoms with van der Waals surface area (Å²) < 4.78 is 5.90. The van der Waals surface area contributed by atoms with E-state index in [4.69, 9.17) is 21.8 Å². The lowest BCUT2D eigenvalue weighted by molar-refractivity contribution is 0.229. The standard InChI is InChI=1S/C17H18ClN5O2/c18-15-14(13-6-10-7-20-4-3-12(10)25-13)16(23-17(19)22-15)21-11-2-1-9(5-11)8-24/h3-4,6-7,9,11,24H,1-2,5,8H2,(H3,19,21,22,23). The average Bonchev–Trinajstić information content (AvgIpc) is 3.20. The molecule has 4 N–H and O–H groups in total. The quantitative estimate of drug-likeness (QED) is 0.614. The first-order chi connectivity index (χ1) is 12.1. The molecular formula is C17H18ClN5O2. The minimum absolute atomic E-state index is 0.103. The van der Waals surface area contributed by atoms with Crippen molar-refractivity contribution < 1.29 is 9.52 Å². The smallest absolute Gasteiger partial charge is 0.223 e. The molecule has 7 nitrogen and oxygen atoms in total. The molecule has 1 fully saturated rings. The maximum absolute atomic E-state index is 9.34. The lowest BCUT2D eigenvalue weighted by Gasteiger charge is -2.16. The van der Waals surface area contributed by atoms with Gasteiger partial charge < -0.3 is 20.6 Å². The van der Waals surface area contributed by atoms with E-state index in [9.17, 15) is 5.11 Å². The van der Waals surface area contributed by atoms with Crippen LogP contribution in [0, 0.1) is 5.92 Å². The number of nitrogen functional groups attached to an aromatic ring is 1. The fourth-order valence-electron chi connectivity index (χ4n) is 3.35. The number of nitrogens with one attached hydrogen (secondary N) is 1. The molecule has 130 valence electrons. The number of rotatable bonds is 4. The summed E-state index contributed by atoms with van der Waals surface area (Å²) in [5, 5.41) is 13.8. The second-order valence-corrected chi connectivity index (χ2v) is 6.68. The second kappa shape index (κ2) is 6.50. The van der Waals surface area contributed by atoms with Crippen LogP contribution in [0.1, 0.15) is 19.3 Å². The molecule has 0 spiro atoms. The van der Waals surface area contributed by atoms with Gasteiger partial charge in [0.25, 0.3) is 0 Å². The van der Waals surface area contributed by atoms with Crippen molar-refractivity contribution in [1.82, 2.24) is 15.0 Å². The molecule has 8 heteroatoms. The highest BCUT2D eigenvalue weighted by Crippen LogP contribution is 2.38. The highest BCUT2D eigenvalue weighted by Gasteiger charge is 2.26. The first kappa shape index (κ1) is 16.1. The van der Waals surface area contributed by atoms with Crippen molar-refractivity contribution >= 4 is 34.3 Å². The van der Waals surface area contributed by atoms with Crippen LogP contribution in [0.15, 0.2) is 28.9 Å². The summed E-state index contributed by atoms with van der Waals surface area (Å²) in [7, 11) is 0. The van der Waals surface area contributed by atoms with E-state index in [2.05, 4.69) is 20.3 Å². The van der Waals surface area contributed by atoms with Gasteiger partial charge >= 0.3 is 0 Å². The van der Waals surface area contributed by atoms with E-state index in [0.29, 0.717) is 28.6 Å². The summed E-state index contributed by atoms with van der Waals surface area (Å²) in [4.78, 5) is 12.5. The van der Waals surface area contributed by atoms with E-state index in [-0.39, 0.29) is 23.8 Å². The molecule has 0 aliphatic heterocycles. The van der Waals surface area contributed by atoms with Gasteiger partial charge in [-0.2, -0.15) is 4.98 Å².